The van der Waals surface area contributed by atoms with Crippen molar-refractivity contribution < 1.29 is 9.21 Å². The summed E-state index contributed by atoms with van der Waals surface area (Å²) in [7, 11) is 0. The molecule has 0 saturated carbocycles. The van der Waals surface area contributed by atoms with Gasteiger partial charge in [-0.1, -0.05) is 24.3 Å². The number of carbonyl (C=O) groups is 1. The Kier molecular flexibility index (Phi) is 2.96. The van der Waals surface area contributed by atoms with Crippen molar-refractivity contribution in [2.75, 3.05) is 11.4 Å². The van der Waals surface area contributed by atoms with Gasteiger partial charge in [-0.3, -0.25) is 4.79 Å². The van der Waals surface area contributed by atoms with Crippen molar-refractivity contribution in [3.05, 3.63) is 51.7 Å². The first kappa shape index (κ1) is 11.5. The Hall–Kier alpha value is -1.55. The molecule has 0 atom stereocenters. The van der Waals surface area contributed by atoms with Crippen molar-refractivity contribution in [1.29, 1.82) is 0 Å². The molecular formula is C14H12BrNO2. The normalized spacial score (nSPS) is 14.4. The summed E-state index contributed by atoms with van der Waals surface area (Å²) < 4.78 is 6.37. The van der Waals surface area contributed by atoms with Crippen molar-refractivity contribution >= 4 is 28.1 Å². The summed E-state index contributed by atoms with van der Waals surface area (Å²) in [6, 6.07) is 10.1. The number of rotatable bonds is 2. The summed E-state index contributed by atoms with van der Waals surface area (Å²) in [6.45, 7) is 1.72. The number of hydrogen-bond donors (Lipinski definition) is 0. The molecule has 1 aliphatic rings. The highest BCUT2D eigenvalue weighted by Gasteiger charge is 2.21. The Balaban J connectivity index is 1.91. The lowest BCUT2D eigenvalue weighted by Crippen LogP contribution is -2.30. The van der Waals surface area contributed by atoms with E-state index in [1.807, 2.05) is 0 Å². The van der Waals surface area contributed by atoms with E-state index in [1.165, 1.54) is 11.1 Å². The molecule has 0 N–H and O–H groups in total. The van der Waals surface area contributed by atoms with Crippen molar-refractivity contribution in [3.8, 4) is 0 Å². The molecule has 3 rings (SSSR count). The van der Waals surface area contributed by atoms with E-state index in [2.05, 4.69) is 45.1 Å². The van der Waals surface area contributed by atoms with E-state index in [1.54, 1.807) is 6.07 Å². The molecule has 2 heterocycles. The SMILES string of the molecule is O=Cc1cc(Br)c(N2CCc3ccccc3C2)o1. The molecule has 0 amide bonds. The zero-order valence-corrected chi connectivity index (χ0v) is 11.3. The topological polar surface area (TPSA) is 33.5 Å². The van der Waals surface area contributed by atoms with Gasteiger partial charge in [-0.2, -0.15) is 0 Å². The smallest absolute Gasteiger partial charge is 0.210 e. The van der Waals surface area contributed by atoms with E-state index in [0.717, 1.165) is 36.2 Å². The van der Waals surface area contributed by atoms with Crippen LogP contribution >= 0.6 is 15.9 Å². The maximum atomic E-state index is 10.7. The Bertz CT molecular complexity index is 591. The fourth-order valence-electron chi connectivity index (χ4n) is 2.32. The highest BCUT2D eigenvalue weighted by atomic mass is 79.9. The number of halogens is 1. The Morgan fingerprint density at radius 2 is 2.06 bits per heavy atom. The van der Waals surface area contributed by atoms with Gasteiger partial charge in [0.15, 0.2) is 12.0 Å². The monoisotopic (exact) mass is 305 g/mol. The van der Waals surface area contributed by atoms with Crippen molar-refractivity contribution in [1.82, 2.24) is 0 Å². The molecule has 1 aliphatic heterocycles. The van der Waals surface area contributed by atoms with Crippen LogP contribution in [0.3, 0.4) is 0 Å². The van der Waals surface area contributed by atoms with Gasteiger partial charge in [0.2, 0.25) is 5.88 Å². The summed E-state index contributed by atoms with van der Waals surface area (Å²) in [5, 5.41) is 0. The number of aldehydes is 1. The van der Waals surface area contributed by atoms with Gasteiger partial charge in [-0.05, 0) is 33.5 Å². The first-order chi connectivity index (χ1) is 8.78. The Morgan fingerprint density at radius 1 is 1.28 bits per heavy atom. The minimum absolute atomic E-state index is 0.357. The van der Waals surface area contributed by atoms with Gasteiger partial charge in [0.05, 0.1) is 4.47 Å². The summed E-state index contributed by atoms with van der Waals surface area (Å²) in [6.07, 6.45) is 1.73. The standard InChI is InChI=1S/C14H12BrNO2/c15-13-7-12(9-17)18-14(13)16-6-5-10-3-1-2-4-11(10)8-16/h1-4,7,9H,5-6,8H2. The van der Waals surface area contributed by atoms with Crippen LogP contribution in [-0.4, -0.2) is 12.8 Å². The lowest BCUT2D eigenvalue weighted by molar-refractivity contribution is 0.110. The Morgan fingerprint density at radius 3 is 2.78 bits per heavy atom. The molecule has 4 heteroatoms. The van der Waals surface area contributed by atoms with E-state index in [4.69, 9.17) is 4.42 Å². The minimum Gasteiger partial charge on any atom is -0.436 e. The zero-order valence-electron chi connectivity index (χ0n) is 9.73. The van der Waals surface area contributed by atoms with E-state index in [-0.39, 0.29) is 0 Å². The third-order valence-electron chi connectivity index (χ3n) is 3.22. The van der Waals surface area contributed by atoms with Gasteiger partial charge in [0.1, 0.15) is 0 Å². The molecule has 0 bridgehead atoms. The molecule has 0 fully saturated rings. The predicted octanol–water partition coefficient (Wildman–Crippen LogP) is 3.42. The lowest BCUT2D eigenvalue weighted by atomic mass is 10.0. The molecule has 1 aromatic carbocycles. The van der Waals surface area contributed by atoms with E-state index >= 15 is 0 Å². The van der Waals surface area contributed by atoms with Crippen LogP contribution in [0.15, 0.2) is 39.2 Å². The summed E-state index contributed by atoms with van der Waals surface area (Å²) >= 11 is 3.44. The van der Waals surface area contributed by atoms with Gasteiger partial charge in [0.25, 0.3) is 0 Å². The second-order valence-corrected chi connectivity index (χ2v) is 5.21. The predicted molar refractivity (Wildman–Crippen MR) is 73.0 cm³/mol. The van der Waals surface area contributed by atoms with Crippen LogP contribution in [-0.2, 0) is 13.0 Å². The molecule has 3 nitrogen and oxygen atoms in total. The van der Waals surface area contributed by atoms with Crippen molar-refractivity contribution in [2.45, 2.75) is 13.0 Å². The highest BCUT2D eigenvalue weighted by molar-refractivity contribution is 9.10. The third kappa shape index (κ3) is 1.97. The molecule has 92 valence electrons. The number of hydrogen-bond acceptors (Lipinski definition) is 3. The van der Waals surface area contributed by atoms with Crippen LogP contribution < -0.4 is 4.90 Å². The van der Waals surface area contributed by atoms with Crippen LogP contribution in [0.4, 0.5) is 5.88 Å². The van der Waals surface area contributed by atoms with Crippen LogP contribution in [0, 0.1) is 0 Å². The second kappa shape index (κ2) is 4.61. The molecule has 0 radical (unpaired) electrons. The van der Waals surface area contributed by atoms with E-state index < -0.39 is 0 Å². The average Bonchev–Trinajstić information content (AvgIpc) is 2.79. The molecule has 0 unspecified atom stereocenters. The molecule has 0 saturated heterocycles. The zero-order chi connectivity index (χ0) is 12.5. The molecule has 2 aromatic rings. The highest BCUT2D eigenvalue weighted by Crippen LogP contribution is 2.33. The third-order valence-corrected chi connectivity index (χ3v) is 3.79. The van der Waals surface area contributed by atoms with E-state index in [9.17, 15) is 4.79 Å². The van der Waals surface area contributed by atoms with Gasteiger partial charge in [-0.25, -0.2) is 0 Å². The van der Waals surface area contributed by atoms with Gasteiger partial charge in [-0.15, -0.1) is 0 Å². The van der Waals surface area contributed by atoms with E-state index in [0.29, 0.717) is 5.76 Å². The van der Waals surface area contributed by atoms with Crippen molar-refractivity contribution in [3.63, 3.8) is 0 Å². The van der Waals surface area contributed by atoms with Crippen LogP contribution in [0.5, 0.6) is 0 Å². The van der Waals surface area contributed by atoms with Gasteiger partial charge < -0.3 is 9.32 Å². The largest absolute Gasteiger partial charge is 0.436 e. The van der Waals surface area contributed by atoms with Crippen LogP contribution in [0.25, 0.3) is 0 Å². The second-order valence-electron chi connectivity index (χ2n) is 4.36. The van der Waals surface area contributed by atoms with Gasteiger partial charge in [0, 0.05) is 19.2 Å². The molecule has 0 spiro atoms. The fourth-order valence-corrected chi connectivity index (χ4v) is 2.88. The average molecular weight is 306 g/mol. The first-order valence-corrected chi connectivity index (χ1v) is 6.63. The fraction of sp³-hybridized carbons (Fsp3) is 0.214. The number of anilines is 1. The van der Waals surface area contributed by atoms with Crippen LogP contribution in [0.1, 0.15) is 21.7 Å². The summed E-state index contributed by atoms with van der Waals surface area (Å²) in [5.74, 6) is 1.10. The lowest BCUT2D eigenvalue weighted by Gasteiger charge is -2.28. The van der Waals surface area contributed by atoms with Crippen LogP contribution in [0.2, 0.25) is 0 Å². The molecule has 18 heavy (non-hydrogen) atoms. The molecule has 1 aromatic heterocycles. The molecular weight excluding hydrogens is 294 g/mol. The summed E-state index contributed by atoms with van der Waals surface area (Å²) in [5.41, 5.74) is 2.71. The first-order valence-electron chi connectivity index (χ1n) is 5.84. The minimum atomic E-state index is 0.357. The number of furan rings is 1. The number of benzene rings is 1. The Labute approximate surface area is 114 Å². The maximum Gasteiger partial charge on any atom is 0.210 e. The number of carbonyl (C=O) groups excluding carboxylic acids is 1. The maximum absolute atomic E-state index is 10.7. The summed E-state index contributed by atoms with van der Waals surface area (Å²) in [4.78, 5) is 12.9. The van der Waals surface area contributed by atoms with Crippen molar-refractivity contribution in [2.24, 2.45) is 0 Å². The quantitative estimate of drug-likeness (QED) is 0.797. The number of fused-ring (bicyclic) bond motifs is 1. The van der Waals surface area contributed by atoms with Gasteiger partial charge >= 0.3 is 0 Å². The molecule has 0 aliphatic carbocycles. The number of nitrogens with zero attached hydrogens (tertiary/aromatic N) is 1.